The van der Waals surface area contributed by atoms with E-state index in [2.05, 4.69) is 69.1 Å². The predicted molar refractivity (Wildman–Crippen MR) is 360 cm³/mol. The van der Waals surface area contributed by atoms with Crippen molar-refractivity contribution in [2.75, 3.05) is 50.9 Å². The number of hydrogen-bond acceptors (Lipinski definition) is 32. The molecule has 2 saturated heterocycles. The summed E-state index contributed by atoms with van der Waals surface area (Å²) in [6.45, 7) is 5.89. The summed E-state index contributed by atoms with van der Waals surface area (Å²) in [5, 5.41) is 110. The summed E-state index contributed by atoms with van der Waals surface area (Å²) in [5.74, 6) is -8.15. The molecule has 562 valence electrons. The lowest BCUT2D eigenvalue weighted by Crippen LogP contribution is -2.65. The Labute approximate surface area is 592 Å². The van der Waals surface area contributed by atoms with Gasteiger partial charge in [-0.3, -0.25) is 38.6 Å². The highest BCUT2D eigenvalue weighted by molar-refractivity contribution is 8.14. The van der Waals surface area contributed by atoms with Gasteiger partial charge in [-0.1, -0.05) is 37.3 Å². The molecule has 41 heteroatoms. The second-order valence-corrected chi connectivity index (χ2v) is 26.5. The topological polar surface area (TPSA) is 639 Å². The minimum absolute atomic E-state index is 0.0165. The van der Waals surface area contributed by atoms with Gasteiger partial charge in [-0.15, -0.1) is 23.1 Å². The molecular formula is C61H90N18O21S2. The quantitative estimate of drug-likeness (QED) is 0.0187. The van der Waals surface area contributed by atoms with Gasteiger partial charge in [0.2, 0.25) is 29.5 Å². The third kappa shape index (κ3) is 21.5. The van der Waals surface area contributed by atoms with Crippen LogP contribution in [0.3, 0.4) is 0 Å². The number of ether oxygens (including phenoxy) is 5. The van der Waals surface area contributed by atoms with Crippen LogP contribution < -0.4 is 65.9 Å². The van der Waals surface area contributed by atoms with Gasteiger partial charge in [0.1, 0.15) is 95.0 Å². The van der Waals surface area contributed by atoms with E-state index in [0.29, 0.717) is 35.3 Å². The Bertz CT molecular complexity index is 3510. The second kappa shape index (κ2) is 37.9. The van der Waals surface area contributed by atoms with E-state index >= 15 is 4.79 Å². The molecule has 0 saturated carbocycles. The number of aliphatic hydroxyl groups is 8. The van der Waals surface area contributed by atoms with E-state index in [1.54, 1.807) is 5.38 Å². The van der Waals surface area contributed by atoms with Crippen molar-refractivity contribution in [3.63, 3.8) is 0 Å². The van der Waals surface area contributed by atoms with Gasteiger partial charge in [-0.2, -0.15) is 0 Å². The van der Waals surface area contributed by atoms with Gasteiger partial charge < -0.3 is 135 Å². The average molecular weight is 1480 g/mol. The van der Waals surface area contributed by atoms with Crippen molar-refractivity contribution < 1.29 is 103 Å². The van der Waals surface area contributed by atoms with E-state index in [9.17, 15) is 74.4 Å². The molecule has 8 amide bonds. The van der Waals surface area contributed by atoms with Crippen LogP contribution in [0.4, 0.5) is 10.6 Å². The lowest BCUT2D eigenvalue weighted by Gasteiger charge is -2.47. The van der Waals surface area contributed by atoms with Crippen molar-refractivity contribution in [1.29, 1.82) is 0 Å². The van der Waals surface area contributed by atoms with Crippen LogP contribution in [0.15, 0.2) is 53.2 Å². The Morgan fingerprint density at radius 3 is 2.12 bits per heavy atom. The smallest absolute Gasteiger partial charge is 0.404 e. The fourth-order valence-electron chi connectivity index (χ4n) is 10.9. The van der Waals surface area contributed by atoms with E-state index in [0.717, 1.165) is 18.1 Å². The lowest BCUT2D eigenvalue weighted by atomic mass is 9.96. The van der Waals surface area contributed by atoms with Crippen LogP contribution in [0, 0.1) is 12.8 Å². The maximum atomic E-state index is 15.2. The normalized spacial score (nSPS) is 25.0. The standard InChI is InChI=1S/C61H90N18O21S2/c1-24-39(76-52(79-50(24)64)31(16-37(63)83)71-17-30(62)51(65)89)56(93)78-41(47(32-18-67-23-72-32)98-60-49(45(87)43(85)35(19-80)97-60)99-59-46(88)48(100-61(66)95)44(86)36(20-81)96-59)57(94)73-27(4)42(84)25(2)53(90)77-40(28(5)82)55(92)70-15-12-38-74-34(22-101-38)58-75-33(21-102-58)54(91)69-14-9-13-68-26(3)29-10-7-6-8-11-29/h6-8,10-11,18,21,23,25-28,30-31,34-36,40-49,59-60,68,71,80-82,84-88H,9,12-17,19-20,22,62H2,1-5H3,(H2,63,83)(H2,65,89)(H2,66,95)(H,67,72)(H,69,91)(H,70,92)(H,73,94)(H,77,90)(H,78,93)(H2,64,76,79). The molecule has 7 rings (SSSR count). The summed E-state index contributed by atoms with van der Waals surface area (Å²) in [5.41, 5.74) is 28.8. The summed E-state index contributed by atoms with van der Waals surface area (Å²) in [6, 6.07) is 1.96. The number of carbonyl (C=O) groups is 8. The van der Waals surface area contributed by atoms with Gasteiger partial charge in [-0.25, -0.2) is 24.7 Å². The Hall–Kier alpha value is -8.08. The highest BCUT2D eigenvalue weighted by Gasteiger charge is 2.54. The number of nitrogens with zero attached hydrogens (tertiary/aromatic N) is 5. The summed E-state index contributed by atoms with van der Waals surface area (Å²) in [6.07, 6.45) is -24.4. The van der Waals surface area contributed by atoms with Gasteiger partial charge >= 0.3 is 6.09 Å². The van der Waals surface area contributed by atoms with Crippen LogP contribution in [-0.2, 0) is 47.7 Å². The van der Waals surface area contributed by atoms with Gasteiger partial charge in [0.05, 0.1) is 72.7 Å². The molecule has 1 aromatic carbocycles. The lowest BCUT2D eigenvalue weighted by molar-refractivity contribution is -0.372. The van der Waals surface area contributed by atoms with Crippen molar-refractivity contribution in [3.05, 3.63) is 87.3 Å². The maximum Gasteiger partial charge on any atom is 0.404 e. The van der Waals surface area contributed by atoms with Crippen LogP contribution >= 0.6 is 23.1 Å². The third-order valence-electron chi connectivity index (χ3n) is 16.9. The molecule has 3 aliphatic rings. The molecule has 2 fully saturated rings. The number of anilines is 1. The van der Waals surface area contributed by atoms with E-state index in [4.69, 9.17) is 57.3 Å². The number of aromatic amines is 1. The summed E-state index contributed by atoms with van der Waals surface area (Å²) in [4.78, 5) is 131. The molecule has 0 aliphatic carbocycles. The number of nitrogen functional groups attached to an aromatic ring is 1. The second-order valence-electron chi connectivity index (χ2n) is 24.5. The number of carbonyl (C=O) groups excluding carboxylic acids is 8. The molecule has 0 radical (unpaired) electrons. The molecule has 26 N–H and O–H groups in total. The summed E-state index contributed by atoms with van der Waals surface area (Å²) >= 11 is 2.73. The van der Waals surface area contributed by atoms with Crippen LogP contribution in [0.25, 0.3) is 0 Å². The molecule has 4 aromatic rings. The van der Waals surface area contributed by atoms with Crippen LogP contribution in [0.2, 0.25) is 0 Å². The number of hydrogen-bond donors (Lipinski definition) is 21. The van der Waals surface area contributed by atoms with E-state index < -0.39 is 183 Å². The van der Waals surface area contributed by atoms with Crippen LogP contribution in [-0.4, -0.2) is 261 Å². The summed E-state index contributed by atoms with van der Waals surface area (Å²) in [7, 11) is 0. The fourth-order valence-corrected chi connectivity index (χ4v) is 12.9. The molecule has 3 aromatic heterocycles. The number of thiazole rings is 1. The fraction of sp³-hybridized carbons (Fsp3) is 0.590. The van der Waals surface area contributed by atoms with Crippen molar-refractivity contribution in [1.82, 2.24) is 62.1 Å². The van der Waals surface area contributed by atoms with Gasteiger partial charge in [0, 0.05) is 55.2 Å². The number of primary amides is 3. The van der Waals surface area contributed by atoms with Crippen LogP contribution in [0.1, 0.15) is 120 Å². The first-order valence-electron chi connectivity index (χ1n) is 32.4. The first kappa shape index (κ1) is 81.2. The molecule has 0 bridgehead atoms. The molecule has 21 atom stereocenters. The monoisotopic (exact) mass is 1470 g/mol. The molecule has 0 spiro atoms. The SMILES string of the molecule is Cc1c(N)nc(C(CC(N)=O)NCC(N)C(N)=O)nc1C(=O)NC(C(=O)NC(C)C(O)C(C)C(=O)NC(C(=O)NCCC1=NC(c2nc(C(=O)NCCCNC(C)c3ccccc3)cs2)CS1)C(C)O)C(OC1OC(CO)C(O)C(O)C1OC1OC(CO)C(O)C(OC(N)=O)C1O)c1cnc[nH]1. The highest BCUT2D eigenvalue weighted by Crippen LogP contribution is 2.36. The van der Waals surface area contributed by atoms with Gasteiger partial charge in [0.15, 0.2) is 18.7 Å². The van der Waals surface area contributed by atoms with Gasteiger partial charge in [0.25, 0.3) is 11.8 Å². The molecule has 39 nitrogen and oxygen atoms in total. The third-order valence-corrected chi connectivity index (χ3v) is 19.0. The first-order valence-corrected chi connectivity index (χ1v) is 34.3. The van der Waals surface area contributed by atoms with E-state index in [-0.39, 0.29) is 66.1 Å². The number of aromatic nitrogens is 5. The Balaban J connectivity index is 1.07. The Morgan fingerprint density at radius 2 is 1.47 bits per heavy atom. The van der Waals surface area contributed by atoms with Crippen molar-refractivity contribution in [3.8, 4) is 0 Å². The molecule has 3 aliphatic heterocycles. The van der Waals surface area contributed by atoms with Crippen molar-refractivity contribution in [2.24, 2.45) is 33.8 Å². The number of imidazole rings is 1. The Morgan fingerprint density at radius 1 is 0.775 bits per heavy atom. The zero-order chi connectivity index (χ0) is 74.8. The number of benzene rings is 1. The molecule has 21 unspecified atom stereocenters. The van der Waals surface area contributed by atoms with E-state index in [1.807, 2.05) is 30.3 Å². The maximum absolute atomic E-state index is 15.2. The number of nitrogens with one attached hydrogen (secondary N) is 8. The largest absolute Gasteiger partial charge is 0.441 e. The minimum atomic E-state index is -2.20. The van der Waals surface area contributed by atoms with Gasteiger partial charge in [-0.05, 0) is 46.2 Å². The summed E-state index contributed by atoms with van der Waals surface area (Å²) < 4.78 is 28.8. The van der Waals surface area contributed by atoms with Crippen LogP contribution in [0.5, 0.6) is 0 Å². The minimum Gasteiger partial charge on any atom is -0.441 e. The number of amides is 8. The number of thioether (sulfide) groups is 1. The number of H-pyrrole nitrogens is 1. The molecular weight excluding hydrogens is 1380 g/mol. The number of nitrogens with two attached hydrogens (primary N) is 5. The zero-order valence-corrected chi connectivity index (χ0v) is 57.8. The zero-order valence-electron chi connectivity index (χ0n) is 56.1. The number of aliphatic hydroxyl groups excluding tert-OH is 8. The van der Waals surface area contributed by atoms with Crippen molar-refractivity contribution >= 4 is 81.4 Å². The molecule has 6 heterocycles. The predicted octanol–water partition coefficient (Wildman–Crippen LogP) is -6.32. The first-order chi connectivity index (χ1) is 48.4. The van der Waals surface area contributed by atoms with Crippen molar-refractivity contribution in [2.45, 2.75) is 176 Å². The highest BCUT2D eigenvalue weighted by atomic mass is 32.2. The Kier molecular flexibility index (Phi) is 30.2. The van der Waals surface area contributed by atoms with E-state index in [1.165, 1.54) is 50.8 Å². The number of aliphatic imine (C=N–C) groups is 1. The number of rotatable bonds is 37. The average Bonchev–Trinajstić information content (AvgIpc) is 1.13. The molecule has 102 heavy (non-hydrogen) atoms.